The number of carbonyl (C=O) groups excluding carboxylic acids is 1. The second-order valence-corrected chi connectivity index (χ2v) is 4.26. The van der Waals surface area contributed by atoms with Crippen molar-refractivity contribution in [2.24, 2.45) is 0 Å². The molecule has 0 saturated carbocycles. The lowest BCUT2D eigenvalue weighted by atomic mass is 10.1. The molecule has 0 aliphatic carbocycles. The number of aliphatic carboxylic acids is 1. The highest BCUT2D eigenvalue weighted by Gasteiger charge is 2.12. The van der Waals surface area contributed by atoms with Crippen molar-refractivity contribution in [1.29, 1.82) is 0 Å². The van der Waals surface area contributed by atoms with Crippen LogP contribution < -0.4 is 9.47 Å². The molecule has 0 amide bonds. The second-order valence-electron chi connectivity index (χ2n) is 4.26. The number of rotatable bonds is 9. The Kier molecular flexibility index (Phi) is 6.56. The molecule has 5 nitrogen and oxygen atoms in total. The molecule has 1 aromatic carbocycles. The summed E-state index contributed by atoms with van der Waals surface area (Å²) >= 11 is 0. The van der Waals surface area contributed by atoms with E-state index in [1.54, 1.807) is 18.2 Å². The number of carbonyl (C=O) groups is 2. The van der Waals surface area contributed by atoms with Crippen LogP contribution >= 0.6 is 0 Å². The normalized spacial score (nSPS) is 10.1. The fourth-order valence-electron chi connectivity index (χ4n) is 1.65. The molecule has 0 saturated heterocycles. The van der Waals surface area contributed by atoms with Gasteiger partial charge in [-0.05, 0) is 31.5 Å². The van der Waals surface area contributed by atoms with E-state index in [2.05, 4.69) is 0 Å². The molecule has 0 aliphatic heterocycles. The number of ketones is 1. The molecule has 0 bridgehead atoms. The Hall–Kier alpha value is -2.04. The third-order valence-electron chi connectivity index (χ3n) is 2.59. The molecule has 1 rings (SSSR count). The Morgan fingerprint density at radius 2 is 1.85 bits per heavy atom. The van der Waals surface area contributed by atoms with Crippen LogP contribution in [0.1, 0.15) is 43.5 Å². The largest absolute Gasteiger partial charge is 0.490 e. The van der Waals surface area contributed by atoms with Crippen molar-refractivity contribution in [2.75, 3.05) is 13.2 Å². The van der Waals surface area contributed by atoms with E-state index in [9.17, 15) is 9.59 Å². The Labute approximate surface area is 118 Å². The second kappa shape index (κ2) is 8.19. The van der Waals surface area contributed by atoms with Gasteiger partial charge in [0.15, 0.2) is 17.3 Å². The molecule has 110 valence electrons. The molecular formula is C15H20O5. The van der Waals surface area contributed by atoms with Gasteiger partial charge in [-0.2, -0.15) is 0 Å². The first kappa shape index (κ1) is 16.0. The first-order chi connectivity index (χ1) is 9.58. The third kappa shape index (κ3) is 4.91. The van der Waals surface area contributed by atoms with Crippen molar-refractivity contribution < 1.29 is 24.2 Å². The number of hydrogen-bond donors (Lipinski definition) is 1. The minimum absolute atomic E-state index is 0.0173. The van der Waals surface area contributed by atoms with Crippen LogP contribution in [0.25, 0.3) is 0 Å². The van der Waals surface area contributed by atoms with E-state index >= 15 is 0 Å². The highest BCUT2D eigenvalue weighted by molar-refractivity contribution is 5.98. The molecule has 5 heteroatoms. The highest BCUT2D eigenvalue weighted by Crippen LogP contribution is 2.29. The van der Waals surface area contributed by atoms with Crippen LogP contribution in [-0.2, 0) is 4.79 Å². The van der Waals surface area contributed by atoms with Gasteiger partial charge in [-0.25, -0.2) is 0 Å². The summed E-state index contributed by atoms with van der Waals surface area (Å²) in [5.74, 6) is -0.0749. The minimum atomic E-state index is -0.980. The van der Waals surface area contributed by atoms with Crippen molar-refractivity contribution in [3.8, 4) is 11.5 Å². The van der Waals surface area contributed by atoms with E-state index in [0.29, 0.717) is 30.3 Å². The summed E-state index contributed by atoms with van der Waals surface area (Å²) in [6, 6.07) is 4.93. The molecule has 0 atom stereocenters. The molecule has 0 heterocycles. The third-order valence-corrected chi connectivity index (χ3v) is 2.59. The lowest BCUT2D eigenvalue weighted by Gasteiger charge is -2.12. The standard InChI is InChI=1S/C15H20O5/c1-3-9-20-14-10-11(5-7-13(14)19-4-2)12(16)6-8-15(17)18/h5,7,10H,3-4,6,8-9H2,1-2H3,(H,17,18). The van der Waals surface area contributed by atoms with Gasteiger partial charge in [0.1, 0.15) is 0 Å². The van der Waals surface area contributed by atoms with E-state index in [1.165, 1.54) is 0 Å². The predicted octanol–water partition coefficient (Wildman–Crippen LogP) is 2.92. The summed E-state index contributed by atoms with van der Waals surface area (Å²) in [5, 5.41) is 8.60. The lowest BCUT2D eigenvalue weighted by Crippen LogP contribution is -2.06. The predicted molar refractivity (Wildman–Crippen MR) is 74.6 cm³/mol. The van der Waals surface area contributed by atoms with Gasteiger partial charge in [0.25, 0.3) is 0 Å². The quantitative estimate of drug-likeness (QED) is 0.704. The fourth-order valence-corrected chi connectivity index (χ4v) is 1.65. The van der Waals surface area contributed by atoms with Crippen LogP contribution in [0, 0.1) is 0 Å². The maximum atomic E-state index is 11.9. The summed E-state index contributed by atoms with van der Waals surface area (Å²) in [5.41, 5.74) is 0.445. The summed E-state index contributed by atoms with van der Waals surface area (Å²) < 4.78 is 11.0. The van der Waals surface area contributed by atoms with Crippen LogP contribution in [0.2, 0.25) is 0 Å². The summed E-state index contributed by atoms with van der Waals surface area (Å²) in [6.45, 7) is 4.90. The number of carboxylic acids is 1. The monoisotopic (exact) mass is 280 g/mol. The van der Waals surface area contributed by atoms with Crippen LogP contribution in [0.4, 0.5) is 0 Å². The van der Waals surface area contributed by atoms with Crippen molar-refractivity contribution in [2.45, 2.75) is 33.1 Å². The minimum Gasteiger partial charge on any atom is -0.490 e. The summed E-state index contributed by atoms with van der Waals surface area (Å²) in [6.07, 6.45) is 0.663. The summed E-state index contributed by atoms with van der Waals surface area (Å²) in [4.78, 5) is 22.4. The van der Waals surface area contributed by atoms with Gasteiger partial charge in [-0.15, -0.1) is 0 Å². The molecule has 20 heavy (non-hydrogen) atoms. The Morgan fingerprint density at radius 1 is 1.10 bits per heavy atom. The number of hydrogen-bond acceptors (Lipinski definition) is 4. The number of benzene rings is 1. The van der Waals surface area contributed by atoms with Crippen molar-refractivity contribution in [3.05, 3.63) is 23.8 Å². The highest BCUT2D eigenvalue weighted by atomic mass is 16.5. The summed E-state index contributed by atoms with van der Waals surface area (Å²) in [7, 11) is 0. The van der Waals surface area contributed by atoms with Gasteiger partial charge in [0.2, 0.25) is 0 Å². The average molecular weight is 280 g/mol. The topological polar surface area (TPSA) is 72.8 Å². The Bertz CT molecular complexity index is 467. The Balaban J connectivity index is 2.86. The SMILES string of the molecule is CCCOc1cc(C(=O)CCC(=O)O)ccc1OCC. The van der Waals surface area contributed by atoms with Crippen molar-refractivity contribution >= 4 is 11.8 Å². The van der Waals surface area contributed by atoms with Gasteiger partial charge >= 0.3 is 5.97 Å². The van der Waals surface area contributed by atoms with E-state index < -0.39 is 5.97 Å². The number of Topliss-reactive ketones (excluding diaryl/α,β-unsaturated/α-hetero) is 1. The van der Waals surface area contributed by atoms with Gasteiger partial charge in [-0.3, -0.25) is 9.59 Å². The van der Waals surface area contributed by atoms with E-state index in [-0.39, 0.29) is 18.6 Å². The molecule has 0 aliphatic rings. The first-order valence-electron chi connectivity index (χ1n) is 6.73. The zero-order valence-corrected chi connectivity index (χ0v) is 11.8. The van der Waals surface area contributed by atoms with Gasteiger partial charge < -0.3 is 14.6 Å². The van der Waals surface area contributed by atoms with Gasteiger partial charge in [0, 0.05) is 12.0 Å². The van der Waals surface area contributed by atoms with E-state index in [0.717, 1.165) is 6.42 Å². The van der Waals surface area contributed by atoms with Crippen LogP contribution in [0.5, 0.6) is 11.5 Å². The number of ether oxygens (including phenoxy) is 2. The first-order valence-corrected chi connectivity index (χ1v) is 6.73. The molecule has 0 unspecified atom stereocenters. The number of carboxylic acid groups (broad SMARTS) is 1. The van der Waals surface area contributed by atoms with Crippen LogP contribution in [0.3, 0.4) is 0 Å². The molecule has 0 spiro atoms. The average Bonchev–Trinajstić information content (AvgIpc) is 2.43. The van der Waals surface area contributed by atoms with E-state index in [4.69, 9.17) is 14.6 Å². The fraction of sp³-hybridized carbons (Fsp3) is 0.467. The van der Waals surface area contributed by atoms with E-state index in [1.807, 2.05) is 13.8 Å². The van der Waals surface area contributed by atoms with Crippen LogP contribution in [0.15, 0.2) is 18.2 Å². The molecule has 1 aromatic rings. The van der Waals surface area contributed by atoms with Gasteiger partial charge in [-0.1, -0.05) is 6.92 Å². The van der Waals surface area contributed by atoms with Crippen molar-refractivity contribution in [1.82, 2.24) is 0 Å². The molecule has 0 radical (unpaired) electrons. The smallest absolute Gasteiger partial charge is 0.303 e. The zero-order chi connectivity index (χ0) is 15.0. The van der Waals surface area contributed by atoms with Crippen molar-refractivity contribution in [3.63, 3.8) is 0 Å². The Morgan fingerprint density at radius 3 is 2.45 bits per heavy atom. The van der Waals surface area contributed by atoms with Crippen LogP contribution in [-0.4, -0.2) is 30.1 Å². The molecule has 0 aromatic heterocycles. The molecule has 0 fully saturated rings. The maximum Gasteiger partial charge on any atom is 0.303 e. The molecular weight excluding hydrogens is 260 g/mol. The maximum absolute atomic E-state index is 11.9. The molecule has 1 N–H and O–H groups in total. The lowest BCUT2D eigenvalue weighted by molar-refractivity contribution is -0.136. The zero-order valence-electron chi connectivity index (χ0n) is 11.8. The van der Waals surface area contributed by atoms with Gasteiger partial charge in [0.05, 0.1) is 19.6 Å².